The van der Waals surface area contributed by atoms with E-state index in [0.717, 1.165) is 6.42 Å². The first-order valence-electron chi connectivity index (χ1n) is 5.41. The van der Waals surface area contributed by atoms with Crippen molar-refractivity contribution in [3.63, 3.8) is 0 Å². The van der Waals surface area contributed by atoms with E-state index in [1.165, 1.54) is 12.4 Å². The van der Waals surface area contributed by atoms with Crippen LogP contribution in [-0.2, 0) is 4.79 Å². The Morgan fingerprint density at radius 3 is 2.88 bits per heavy atom. The van der Waals surface area contributed by atoms with Gasteiger partial charge in [0.05, 0.1) is 5.92 Å². The van der Waals surface area contributed by atoms with Gasteiger partial charge in [-0.2, -0.15) is 5.26 Å². The van der Waals surface area contributed by atoms with E-state index in [4.69, 9.17) is 10.4 Å². The number of carboxylic acid groups (broad SMARTS) is 1. The van der Waals surface area contributed by atoms with Crippen LogP contribution in [0.5, 0.6) is 0 Å². The molecule has 0 aliphatic heterocycles. The second kappa shape index (κ2) is 4.78. The molecule has 17 heavy (non-hydrogen) atoms. The van der Waals surface area contributed by atoms with Crippen LogP contribution in [0, 0.1) is 17.2 Å². The van der Waals surface area contributed by atoms with E-state index < -0.39 is 5.97 Å². The first-order valence-corrected chi connectivity index (χ1v) is 5.41. The standard InChI is InChI=1S/C11H12N4O2/c12-6-9-10(14-4-3-13-9)15-8-2-1-7(5-8)11(16)17/h3-4,7-8H,1-2,5H2,(H,14,15)(H,16,17)/t7-,8+/m1/s1. The smallest absolute Gasteiger partial charge is 0.306 e. The van der Waals surface area contributed by atoms with Gasteiger partial charge < -0.3 is 10.4 Å². The Morgan fingerprint density at radius 1 is 1.47 bits per heavy atom. The molecule has 1 aliphatic rings. The molecule has 2 atom stereocenters. The number of nitriles is 1. The van der Waals surface area contributed by atoms with Gasteiger partial charge in [-0.3, -0.25) is 4.79 Å². The van der Waals surface area contributed by atoms with Crippen molar-refractivity contribution in [3.8, 4) is 6.07 Å². The molecule has 0 radical (unpaired) electrons. The van der Waals surface area contributed by atoms with E-state index in [1.54, 1.807) is 0 Å². The summed E-state index contributed by atoms with van der Waals surface area (Å²) < 4.78 is 0. The van der Waals surface area contributed by atoms with Crippen molar-refractivity contribution in [2.24, 2.45) is 5.92 Å². The van der Waals surface area contributed by atoms with Crippen molar-refractivity contribution < 1.29 is 9.90 Å². The van der Waals surface area contributed by atoms with Gasteiger partial charge >= 0.3 is 5.97 Å². The molecule has 1 aromatic rings. The third-order valence-electron chi connectivity index (χ3n) is 2.93. The molecular weight excluding hydrogens is 220 g/mol. The van der Waals surface area contributed by atoms with E-state index >= 15 is 0 Å². The minimum absolute atomic E-state index is 0.0555. The maximum Gasteiger partial charge on any atom is 0.306 e. The number of carboxylic acids is 1. The summed E-state index contributed by atoms with van der Waals surface area (Å²) in [6.45, 7) is 0. The molecular formula is C11H12N4O2. The average Bonchev–Trinajstić information content (AvgIpc) is 2.78. The van der Waals surface area contributed by atoms with Gasteiger partial charge in [-0.25, -0.2) is 9.97 Å². The molecule has 1 fully saturated rings. The topological polar surface area (TPSA) is 98.9 Å². The fraction of sp³-hybridized carbons (Fsp3) is 0.455. The van der Waals surface area contributed by atoms with Gasteiger partial charge in [0.2, 0.25) is 0 Å². The summed E-state index contributed by atoms with van der Waals surface area (Å²) in [5.74, 6) is -0.616. The predicted molar refractivity (Wildman–Crippen MR) is 59.1 cm³/mol. The highest BCUT2D eigenvalue weighted by molar-refractivity contribution is 5.70. The van der Waals surface area contributed by atoms with E-state index in [-0.39, 0.29) is 17.7 Å². The molecule has 0 amide bonds. The lowest BCUT2D eigenvalue weighted by atomic mass is 10.1. The summed E-state index contributed by atoms with van der Waals surface area (Å²) in [4.78, 5) is 18.7. The fourth-order valence-electron chi connectivity index (χ4n) is 2.06. The number of nitrogens with one attached hydrogen (secondary N) is 1. The third kappa shape index (κ3) is 2.50. The maximum atomic E-state index is 10.8. The molecule has 0 spiro atoms. The predicted octanol–water partition coefficient (Wildman–Crippen LogP) is 1.01. The number of hydrogen-bond donors (Lipinski definition) is 2. The van der Waals surface area contributed by atoms with E-state index in [2.05, 4.69) is 15.3 Å². The Kier molecular flexibility index (Phi) is 3.19. The average molecular weight is 232 g/mol. The SMILES string of the molecule is N#Cc1nccnc1N[C@H]1CC[C@@H](C(=O)O)C1. The summed E-state index contributed by atoms with van der Waals surface area (Å²) >= 11 is 0. The van der Waals surface area contributed by atoms with Crippen LogP contribution < -0.4 is 5.32 Å². The molecule has 1 aliphatic carbocycles. The zero-order valence-electron chi connectivity index (χ0n) is 9.13. The third-order valence-corrected chi connectivity index (χ3v) is 2.93. The summed E-state index contributed by atoms with van der Waals surface area (Å²) in [5.41, 5.74) is 0.242. The van der Waals surface area contributed by atoms with E-state index in [0.29, 0.717) is 18.7 Å². The highest BCUT2D eigenvalue weighted by Gasteiger charge is 2.30. The van der Waals surface area contributed by atoms with Crippen molar-refractivity contribution in [1.82, 2.24) is 9.97 Å². The van der Waals surface area contributed by atoms with Crippen molar-refractivity contribution in [3.05, 3.63) is 18.1 Å². The molecule has 0 saturated heterocycles. The number of hydrogen-bond acceptors (Lipinski definition) is 5. The number of nitrogens with zero attached hydrogens (tertiary/aromatic N) is 3. The van der Waals surface area contributed by atoms with E-state index in [9.17, 15) is 4.79 Å². The van der Waals surface area contributed by atoms with Crippen molar-refractivity contribution in [2.45, 2.75) is 25.3 Å². The molecule has 2 N–H and O–H groups in total. The molecule has 0 unspecified atom stereocenters. The second-order valence-electron chi connectivity index (χ2n) is 4.05. The molecule has 6 nitrogen and oxygen atoms in total. The molecule has 1 heterocycles. The minimum atomic E-state index is -0.756. The van der Waals surface area contributed by atoms with Crippen LogP contribution in [0.2, 0.25) is 0 Å². The normalized spacial score (nSPS) is 23.0. The van der Waals surface area contributed by atoms with Crippen molar-refractivity contribution in [2.75, 3.05) is 5.32 Å². The van der Waals surface area contributed by atoms with Gasteiger partial charge in [0, 0.05) is 18.4 Å². The summed E-state index contributed by atoms with van der Waals surface area (Å²) in [5, 5.41) is 20.8. The lowest BCUT2D eigenvalue weighted by Gasteiger charge is -2.13. The zero-order valence-corrected chi connectivity index (χ0v) is 9.13. The highest BCUT2D eigenvalue weighted by Crippen LogP contribution is 2.28. The molecule has 0 bridgehead atoms. The highest BCUT2D eigenvalue weighted by atomic mass is 16.4. The lowest BCUT2D eigenvalue weighted by molar-refractivity contribution is -0.141. The maximum absolute atomic E-state index is 10.8. The Hall–Kier alpha value is -2.16. The van der Waals surface area contributed by atoms with Gasteiger partial charge in [-0.15, -0.1) is 0 Å². The minimum Gasteiger partial charge on any atom is -0.481 e. The van der Waals surface area contributed by atoms with Crippen LogP contribution in [-0.4, -0.2) is 27.1 Å². The Bertz CT molecular complexity index is 469. The number of carbonyl (C=O) groups is 1. The Balaban J connectivity index is 2.03. The summed E-state index contributed by atoms with van der Waals surface area (Å²) in [6.07, 6.45) is 4.97. The molecule has 0 aromatic carbocycles. The van der Waals surface area contributed by atoms with Crippen molar-refractivity contribution in [1.29, 1.82) is 5.26 Å². The molecule has 2 rings (SSSR count). The second-order valence-corrected chi connectivity index (χ2v) is 4.05. The largest absolute Gasteiger partial charge is 0.481 e. The summed E-state index contributed by atoms with van der Waals surface area (Å²) in [7, 11) is 0. The van der Waals surface area contributed by atoms with Crippen molar-refractivity contribution >= 4 is 11.8 Å². The van der Waals surface area contributed by atoms with Crippen LogP contribution in [0.4, 0.5) is 5.82 Å². The molecule has 1 saturated carbocycles. The molecule has 1 aromatic heterocycles. The van der Waals surface area contributed by atoms with Crippen LogP contribution >= 0.6 is 0 Å². The Morgan fingerprint density at radius 2 is 2.24 bits per heavy atom. The lowest BCUT2D eigenvalue weighted by Crippen LogP contribution is -2.19. The van der Waals surface area contributed by atoms with Crippen LogP contribution in [0.25, 0.3) is 0 Å². The molecule has 6 heteroatoms. The fourth-order valence-corrected chi connectivity index (χ4v) is 2.06. The number of anilines is 1. The zero-order chi connectivity index (χ0) is 12.3. The van der Waals surface area contributed by atoms with Gasteiger partial charge in [0.25, 0.3) is 0 Å². The first kappa shape index (κ1) is 11.3. The quantitative estimate of drug-likeness (QED) is 0.807. The molecule has 88 valence electrons. The van der Waals surface area contributed by atoms with Gasteiger partial charge in [0.1, 0.15) is 6.07 Å². The monoisotopic (exact) mass is 232 g/mol. The van der Waals surface area contributed by atoms with Gasteiger partial charge in [-0.05, 0) is 19.3 Å². The van der Waals surface area contributed by atoms with Crippen LogP contribution in [0.1, 0.15) is 25.0 Å². The number of aliphatic carboxylic acids is 1. The number of rotatable bonds is 3. The Labute approximate surface area is 98.3 Å². The number of aromatic nitrogens is 2. The first-order chi connectivity index (χ1) is 8.20. The van der Waals surface area contributed by atoms with Gasteiger partial charge in [0.15, 0.2) is 11.5 Å². The van der Waals surface area contributed by atoms with Crippen LogP contribution in [0.3, 0.4) is 0 Å². The van der Waals surface area contributed by atoms with Crippen LogP contribution in [0.15, 0.2) is 12.4 Å². The van der Waals surface area contributed by atoms with Gasteiger partial charge in [-0.1, -0.05) is 0 Å². The van der Waals surface area contributed by atoms with E-state index in [1.807, 2.05) is 6.07 Å². The summed E-state index contributed by atoms with van der Waals surface area (Å²) in [6, 6.07) is 2.01.